The Bertz CT molecular complexity index is 2540. The number of rotatable bonds is 18. The number of cyclic esters (lactones) is 1. The molecule has 85 heavy (non-hydrogen) atoms. The van der Waals surface area contributed by atoms with Crippen LogP contribution in [-0.2, 0) is 71.3 Å². The van der Waals surface area contributed by atoms with E-state index in [0.29, 0.717) is 35.6 Å². The number of aliphatic hydroxyl groups is 2. The third kappa shape index (κ3) is 17.2. The Morgan fingerprint density at radius 3 is 2.20 bits per heavy atom. The van der Waals surface area contributed by atoms with E-state index in [1.165, 1.54) is 28.3 Å². The number of ether oxygens (including phenoxy) is 12. The zero-order chi connectivity index (χ0) is 62.9. The lowest BCUT2D eigenvalue weighted by molar-refractivity contribution is -0.305. The largest absolute Gasteiger partial charge is 0.497 e. The average Bonchev–Trinajstić information content (AvgIpc) is 2.60. The fourth-order valence-corrected chi connectivity index (χ4v) is 12.6. The minimum atomic E-state index is -2.03. The highest BCUT2D eigenvalue weighted by molar-refractivity contribution is 5.92. The summed E-state index contributed by atoms with van der Waals surface area (Å²) in [5.41, 5.74) is -0.463. The highest BCUT2D eigenvalue weighted by Crippen LogP contribution is 2.41. The van der Waals surface area contributed by atoms with Gasteiger partial charge in [-0.05, 0) is 85.9 Å². The van der Waals surface area contributed by atoms with Gasteiger partial charge in [0.25, 0.3) is 0 Å². The summed E-state index contributed by atoms with van der Waals surface area (Å²) >= 11 is 0. The van der Waals surface area contributed by atoms with E-state index in [1.807, 2.05) is 41.7 Å². The third-order valence-corrected chi connectivity index (χ3v) is 17.4. The second kappa shape index (κ2) is 30.5. The van der Waals surface area contributed by atoms with E-state index in [2.05, 4.69) is 27.3 Å². The third-order valence-electron chi connectivity index (χ3n) is 17.4. The van der Waals surface area contributed by atoms with Gasteiger partial charge in [-0.1, -0.05) is 53.6 Å². The van der Waals surface area contributed by atoms with Crippen molar-refractivity contribution >= 4 is 40.6 Å². The molecule has 23 atom stereocenters. The Balaban J connectivity index is 1.51. The maximum atomic E-state index is 16.1. The van der Waals surface area contributed by atoms with Crippen LogP contribution in [0.2, 0.25) is 0 Å². The number of amides is 1. The number of carbonyl (C=O) groups is 4. The number of aliphatic hydroxyl groups excluding tert-OH is 2. The number of Topliss-reactive ketones (excluding diaryl/α,β-unsaturated/α-hetero) is 1. The molecule has 1 aromatic heterocycles. The van der Waals surface area contributed by atoms with Crippen LogP contribution in [0.3, 0.4) is 0 Å². The van der Waals surface area contributed by atoms with Crippen molar-refractivity contribution in [3.63, 3.8) is 0 Å². The van der Waals surface area contributed by atoms with Crippen LogP contribution in [0.1, 0.15) is 134 Å². The molecule has 24 nitrogen and oxygen atoms in total. The summed E-state index contributed by atoms with van der Waals surface area (Å²) in [4.78, 5) is 75.6. The number of ketones is 1. The quantitative estimate of drug-likeness (QED) is 0.0690. The summed E-state index contributed by atoms with van der Waals surface area (Å²) < 4.78 is 76.2. The van der Waals surface area contributed by atoms with Crippen molar-refractivity contribution < 1.29 is 91.1 Å². The number of aromatic nitrogens is 2. The van der Waals surface area contributed by atoms with Gasteiger partial charge < -0.3 is 87.1 Å². The lowest BCUT2D eigenvalue weighted by Crippen LogP contribution is -2.59. The molecule has 0 radical (unpaired) electrons. The number of oxime groups is 1. The summed E-state index contributed by atoms with van der Waals surface area (Å²) in [6.07, 6.45) is -14.0. The van der Waals surface area contributed by atoms with Crippen LogP contribution in [0, 0.1) is 41.4 Å². The first-order valence-electron chi connectivity index (χ1n) is 30.1. The molecular formula is C61H99N5O19. The summed E-state index contributed by atoms with van der Waals surface area (Å²) in [5, 5.41) is 29.9. The number of hydrogen-bond donors (Lipinski definition) is 4. The number of benzene rings is 1. The molecule has 0 bridgehead atoms. The maximum absolute atomic E-state index is 16.1. The van der Waals surface area contributed by atoms with Crippen LogP contribution in [0.15, 0.2) is 23.4 Å². The average molecular weight is 1210 g/mol. The van der Waals surface area contributed by atoms with Gasteiger partial charge in [0.2, 0.25) is 0 Å². The van der Waals surface area contributed by atoms with E-state index in [4.69, 9.17) is 66.7 Å². The van der Waals surface area contributed by atoms with Gasteiger partial charge in [0.15, 0.2) is 30.3 Å². The number of esters is 2. The van der Waals surface area contributed by atoms with Crippen LogP contribution in [0.5, 0.6) is 5.75 Å². The van der Waals surface area contributed by atoms with Crippen LogP contribution in [0.25, 0.3) is 11.0 Å². The van der Waals surface area contributed by atoms with E-state index < -0.39 is 151 Å². The first kappa shape index (κ1) is 69.5. The molecule has 4 saturated heterocycles. The topological polar surface area (TPSA) is 285 Å². The normalized spacial score (nSPS) is 38.0. The Hall–Kier alpha value is -4.60. The first-order valence-corrected chi connectivity index (χ1v) is 30.1. The molecule has 2 unspecified atom stereocenters. The number of imidazole rings is 1. The zero-order valence-corrected chi connectivity index (χ0v) is 53.4. The molecule has 24 heteroatoms. The Morgan fingerprint density at radius 1 is 0.859 bits per heavy atom. The van der Waals surface area contributed by atoms with E-state index in [-0.39, 0.29) is 49.6 Å². The Kier molecular flexibility index (Phi) is 25.0. The number of nitrogens with one attached hydrogen (secondary N) is 2. The standard InChI is InChI=1S/C61H99N5O19/c1-29(2)22-45(67)81-51-36(9)50(31(4)28-77-59-54(75-18)53(74-17)47(68)40(13)80-59)83-57(71)38(11)52(82-46-23-32(5)66(15)27-34(7)78-46)35(8)49(84-58-48(69)44(65-76-19)24-33(6)79-58)30(3)26-61(14,55(70)37(51)10)85-60(72)62-39(12)56-63-42-21-20-41(73-16)25-43(42)64-56/h20-21,25,29-40,46-54,58-59,68-69H,22-24,26-28H2,1-19H3,(H,62,72)(H,63,64)/t30-,31-,32?,33+,34-,35+,36-,37+,38+,39?,40+,46-,47+,48+,49-,50+,51+,52-,53+,54+,58-,59+,61-/m0/s1. The number of likely N-dealkylation sites (N-methyl/N-ethyl adjacent to an activating group) is 1. The summed E-state index contributed by atoms with van der Waals surface area (Å²) in [7, 11) is 7.85. The second-order valence-electron chi connectivity index (χ2n) is 25.0. The molecule has 0 spiro atoms. The van der Waals surface area contributed by atoms with Crippen LogP contribution in [0.4, 0.5) is 4.79 Å². The van der Waals surface area contributed by atoms with Crippen molar-refractivity contribution in [1.29, 1.82) is 0 Å². The van der Waals surface area contributed by atoms with E-state index >= 15 is 9.59 Å². The molecule has 482 valence electrons. The molecule has 4 N–H and O–H groups in total. The molecule has 0 saturated carbocycles. The molecule has 4 aliphatic heterocycles. The van der Waals surface area contributed by atoms with Crippen LogP contribution in [-0.4, -0.2) is 201 Å². The van der Waals surface area contributed by atoms with Crippen LogP contribution >= 0.6 is 0 Å². The van der Waals surface area contributed by atoms with Crippen LogP contribution < -0.4 is 10.1 Å². The van der Waals surface area contributed by atoms with Crippen molar-refractivity contribution in [2.45, 2.75) is 226 Å². The molecule has 4 fully saturated rings. The lowest BCUT2D eigenvalue weighted by atomic mass is 9.74. The fraction of sp³-hybridized carbons (Fsp3) is 0.803. The van der Waals surface area contributed by atoms with Gasteiger partial charge >= 0.3 is 18.0 Å². The van der Waals surface area contributed by atoms with E-state index in [9.17, 15) is 19.8 Å². The minimum absolute atomic E-state index is 0.00414. The number of carbonyl (C=O) groups excluding carboxylic acids is 4. The highest BCUT2D eigenvalue weighted by Gasteiger charge is 2.53. The predicted octanol–water partition coefficient (Wildman–Crippen LogP) is 6.65. The lowest BCUT2D eigenvalue weighted by Gasteiger charge is -2.45. The number of fused-ring (bicyclic) bond motifs is 1. The maximum Gasteiger partial charge on any atom is 0.408 e. The molecule has 4 aliphatic rings. The van der Waals surface area contributed by atoms with Gasteiger partial charge in [-0.25, -0.2) is 9.78 Å². The molecular weight excluding hydrogens is 1110 g/mol. The van der Waals surface area contributed by atoms with E-state index in [1.54, 1.807) is 73.8 Å². The summed E-state index contributed by atoms with van der Waals surface area (Å²) in [6, 6.07) is 4.57. The van der Waals surface area contributed by atoms with Gasteiger partial charge in [0.05, 0.1) is 78.9 Å². The fourth-order valence-electron chi connectivity index (χ4n) is 12.6. The van der Waals surface area contributed by atoms with Gasteiger partial charge in [-0.3, -0.25) is 14.4 Å². The van der Waals surface area contributed by atoms with Gasteiger partial charge in [0, 0.05) is 69.9 Å². The zero-order valence-electron chi connectivity index (χ0n) is 53.4. The molecule has 5 heterocycles. The minimum Gasteiger partial charge on any atom is -0.497 e. The summed E-state index contributed by atoms with van der Waals surface area (Å²) in [5.74, 6) is -6.66. The Labute approximate surface area is 501 Å². The van der Waals surface area contributed by atoms with Gasteiger partial charge in [0.1, 0.15) is 55.3 Å². The number of alkyl carbamates (subject to hydrolysis) is 1. The van der Waals surface area contributed by atoms with Crippen molar-refractivity contribution in [3.8, 4) is 5.75 Å². The number of aromatic amines is 1. The monoisotopic (exact) mass is 1210 g/mol. The van der Waals surface area contributed by atoms with Crippen molar-refractivity contribution in [3.05, 3.63) is 24.0 Å². The highest BCUT2D eigenvalue weighted by atomic mass is 16.7. The number of methoxy groups -OCH3 is 3. The smallest absolute Gasteiger partial charge is 0.408 e. The predicted molar refractivity (Wildman–Crippen MR) is 311 cm³/mol. The molecule has 1 aromatic carbocycles. The molecule has 0 aliphatic carbocycles. The first-order chi connectivity index (χ1) is 40.0. The number of hydrogen-bond acceptors (Lipinski definition) is 22. The molecule has 6 rings (SSSR count). The van der Waals surface area contributed by atoms with Crippen molar-refractivity contribution in [1.82, 2.24) is 20.2 Å². The summed E-state index contributed by atoms with van der Waals surface area (Å²) in [6.45, 7) is 25.5. The Morgan fingerprint density at radius 2 is 1.55 bits per heavy atom. The number of H-pyrrole nitrogens is 1. The molecule has 1 amide bonds. The van der Waals surface area contributed by atoms with Gasteiger partial charge in [-0.2, -0.15) is 0 Å². The SMILES string of the molecule is CON=C1C[C@@H](C)O[C@@H](O[C@@H]2[C@@H](C)[C@H](O[C@H]3CC(C)N(C)C[C@H](C)O3)[C@@H](C)C(=O)O[C@H]([C@@H](C)CO[C@@H]3O[C@H](C)[C@@H](O)[C@@H](OC)[C@H]3OC)[C@H](C)[C@@H](OC(=O)CC(C)C)[C@@H](C)C(=O)[C@@](C)(OC(=O)NC(C)c3nc4ccc(OC)cc4[nH]3)C[C@@H]2C)[C@@H]1O. The van der Waals surface area contributed by atoms with Crippen molar-refractivity contribution in [2.75, 3.05) is 48.6 Å². The van der Waals surface area contributed by atoms with E-state index in [0.717, 1.165) is 0 Å². The second-order valence-corrected chi connectivity index (χ2v) is 25.0. The van der Waals surface area contributed by atoms with Gasteiger partial charge in [-0.15, -0.1) is 0 Å². The number of nitrogens with zero attached hydrogens (tertiary/aromatic N) is 3. The van der Waals surface area contributed by atoms with Crippen molar-refractivity contribution in [2.24, 2.45) is 46.6 Å². The molecule has 2 aromatic rings.